The first-order valence-electron chi connectivity index (χ1n) is 10.4. The molecule has 0 unspecified atom stereocenters. The Bertz CT molecular complexity index is 1190. The minimum absolute atomic E-state index is 0.00285. The molecule has 0 bridgehead atoms. The average Bonchev–Trinajstić information content (AvgIpc) is 3.48. The first-order chi connectivity index (χ1) is 15.5. The van der Waals surface area contributed by atoms with E-state index in [2.05, 4.69) is 4.98 Å². The normalized spacial score (nSPS) is 17.9. The van der Waals surface area contributed by atoms with Gasteiger partial charge < -0.3 is 19.1 Å². The minimum atomic E-state index is -1.07. The van der Waals surface area contributed by atoms with Crippen molar-refractivity contribution in [2.24, 2.45) is 0 Å². The molecule has 0 spiro atoms. The van der Waals surface area contributed by atoms with Crippen molar-refractivity contribution in [2.75, 3.05) is 13.2 Å². The third kappa shape index (κ3) is 3.60. The molecule has 1 saturated heterocycles. The number of carbonyl (C=O) groups is 3. The second-order valence-electron chi connectivity index (χ2n) is 7.85. The van der Waals surface area contributed by atoms with Crippen LogP contribution in [0, 0.1) is 0 Å². The Labute approximate surface area is 183 Å². The Morgan fingerprint density at radius 2 is 1.91 bits per heavy atom. The molecule has 2 aromatic carbocycles. The lowest BCUT2D eigenvalue weighted by Crippen LogP contribution is -2.31. The lowest BCUT2D eigenvalue weighted by Gasteiger charge is -2.18. The maximum absolute atomic E-state index is 12.9. The minimum Gasteiger partial charge on any atom is -0.482 e. The van der Waals surface area contributed by atoms with Crippen LogP contribution in [0.3, 0.4) is 0 Å². The number of amides is 2. The molecule has 1 N–H and O–H groups in total. The summed E-state index contributed by atoms with van der Waals surface area (Å²) < 4.78 is 13.1. The van der Waals surface area contributed by atoms with E-state index in [-0.39, 0.29) is 24.5 Å². The molecule has 1 aromatic heterocycles. The van der Waals surface area contributed by atoms with Gasteiger partial charge in [-0.05, 0) is 37.1 Å². The van der Waals surface area contributed by atoms with E-state index in [0.717, 1.165) is 18.4 Å². The van der Waals surface area contributed by atoms with E-state index in [9.17, 15) is 14.4 Å². The van der Waals surface area contributed by atoms with Crippen molar-refractivity contribution in [3.05, 3.63) is 59.4 Å². The van der Waals surface area contributed by atoms with Gasteiger partial charge in [0, 0.05) is 12.7 Å². The zero-order chi connectivity index (χ0) is 22.2. The maximum Gasteiger partial charge on any atom is 0.341 e. The van der Waals surface area contributed by atoms with Gasteiger partial charge in [-0.2, -0.15) is 0 Å². The summed E-state index contributed by atoms with van der Waals surface area (Å²) in [4.78, 5) is 42.4. The fourth-order valence-corrected chi connectivity index (χ4v) is 4.23. The third-order valence-electron chi connectivity index (χ3n) is 5.75. The van der Waals surface area contributed by atoms with E-state index in [1.165, 1.54) is 4.90 Å². The summed E-state index contributed by atoms with van der Waals surface area (Å²) in [7, 11) is 0. The van der Waals surface area contributed by atoms with Gasteiger partial charge in [0.2, 0.25) is 0 Å². The Balaban J connectivity index is 1.50. The van der Waals surface area contributed by atoms with Gasteiger partial charge in [-0.1, -0.05) is 12.1 Å². The lowest BCUT2D eigenvalue weighted by atomic mass is 10.1. The summed E-state index contributed by atoms with van der Waals surface area (Å²) in [5, 5.41) is 8.89. The smallest absolute Gasteiger partial charge is 0.341 e. The average molecular weight is 435 g/mol. The molecule has 0 aliphatic carbocycles. The number of imidazole rings is 1. The fraction of sp³-hybridized carbons (Fsp3) is 0.304. The summed E-state index contributed by atoms with van der Waals surface area (Å²) in [6, 6.07) is 11.9. The van der Waals surface area contributed by atoms with Crippen LogP contribution < -0.4 is 4.74 Å². The number of fused-ring (bicyclic) bond motifs is 2. The summed E-state index contributed by atoms with van der Waals surface area (Å²) >= 11 is 0. The number of carboxylic acids is 1. The van der Waals surface area contributed by atoms with Crippen LogP contribution >= 0.6 is 0 Å². The van der Waals surface area contributed by atoms with Crippen LogP contribution in [0.25, 0.3) is 11.0 Å². The number of rotatable bonds is 7. The van der Waals surface area contributed by atoms with Crippen LogP contribution in [0.15, 0.2) is 42.5 Å². The van der Waals surface area contributed by atoms with Crippen LogP contribution in [-0.2, 0) is 22.6 Å². The number of hydrogen-bond acceptors (Lipinski definition) is 6. The molecule has 164 valence electrons. The van der Waals surface area contributed by atoms with Gasteiger partial charge in [-0.25, -0.2) is 9.78 Å². The van der Waals surface area contributed by atoms with E-state index in [1.54, 1.807) is 42.5 Å². The summed E-state index contributed by atoms with van der Waals surface area (Å²) in [6.45, 7) is 0.779. The van der Waals surface area contributed by atoms with Crippen molar-refractivity contribution < 1.29 is 29.0 Å². The van der Waals surface area contributed by atoms with E-state index in [0.29, 0.717) is 41.4 Å². The van der Waals surface area contributed by atoms with Gasteiger partial charge in [0.05, 0.1) is 41.4 Å². The Morgan fingerprint density at radius 1 is 1.16 bits per heavy atom. The monoisotopic (exact) mass is 435 g/mol. The fourth-order valence-electron chi connectivity index (χ4n) is 4.23. The number of ether oxygens (including phenoxy) is 2. The Morgan fingerprint density at radius 3 is 2.56 bits per heavy atom. The standard InChI is InChI=1S/C23H21N3O6/c27-21(28)13-32-14-7-8-18-19(10-14)25(11-15-4-3-9-31-15)20(24-18)12-26-22(29)16-5-1-2-6-17(16)23(26)30/h1-2,5-8,10,15H,3-4,9,11-13H2,(H,27,28)/t15-/m0/s1. The highest BCUT2D eigenvalue weighted by Gasteiger charge is 2.36. The summed E-state index contributed by atoms with van der Waals surface area (Å²) in [6.07, 6.45) is 1.87. The molecule has 9 heteroatoms. The molecular formula is C23H21N3O6. The summed E-state index contributed by atoms with van der Waals surface area (Å²) in [5.41, 5.74) is 2.18. The predicted octanol–water partition coefficient (Wildman–Crippen LogP) is 2.47. The van der Waals surface area contributed by atoms with Crippen molar-refractivity contribution in [3.63, 3.8) is 0 Å². The van der Waals surface area contributed by atoms with Crippen LogP contribution in [-0.4, -0.2) is 56.7 Å². The number of benzene rings is 2. The maximum atomic E-state index is 12.9. The van der Waals surface area contributed by atoms with Gasteiger partial charge in [0.1, 0.15) is 11.6 Å². The number of carbonyl (C=O) groups excluding carboxylic acids is 2. The first kappa shape index (κ1) is 20.2. The number of hydrogen-bond donors (Lipinski definition) is 1. The number of carboxylic acid groups (broad SMARTS) is 1. The van der Waals surface area contributed by atoms with Crippen molar-refractivity contribution in [1.29, 1.82) is 0 Å². The van der Waals surface area contributed by atoms with E-state index < -0.39 is 12.6 Å². The molecule has 2 aliphatic heterocycles. The Kier molecular flexibility index (Phi) is 5.10. The highest BCUT2D eigenvalue weighted by atomic mass is 16.5. The molecule has 32 heavy (non-hydrogen) atoms. The second-order valence-corrected chi connectivity index (χ2v) is 7.85. The van der Waals surface area contributed by atoms with Gasteiger partial charge in [0.25, 0.3) is 11.8 Å². The molecule has 2 aliphatic rings. The van der Waals surface area contributed by atoms with Crippen molar-refractivity contribution >= 4 is 28.8 Å². The zero-order valence-electron chi connectivity index (χ0n) is 17.2. The van der Waals surface area contributed by atoms with Gasteiger partial charge in [-0.3, -0.25) is 14.5 Å². The number of nitrogens with zero attached hydrogens (tertiary/aromatic N) is 3. The highest BCUT2D eigenvalue weighted by Crippen LogP contribution is 2.28. The summed E-state index contributed by atoms with van der Waals surface area (Å²) in [5.74, 6) is -0.788. The molecule has 9 nitrogen and oxygen atoms in total. The quantitative estimate of drug-likeness (QED) is 0.568. The highest BCUT2D eigenvalue weighted by molar-refractivity contribution is 6.21. The molecule has 1 fully saturated rings. The zero-order valence-corrected chi connectivity index (χ0v) is 17.2. The molecular weight excluding hydrogens is 414 g/mol. The van der Waals surface area contributed by atoms with E-state index in [1.807, 2.05) is 4.57 Å². The van der Waals surface area contributed by atoms with Crippen molar-refractivity contribution in [1.82, 2.24) is 14.5 Å². The number of imide groups is 1. The van der Waals surface area contributed by atoms with Crippen LogP contribution in [0.2, 0.25) is 0 Å². The second kappa shape index (κ2) is 8.08. The van der Waals surface area contributed by atoms with Crippen molar-refractivity contribution in [3.8, 4) is 5.75 Å². The molecule has 0 saturated carbocycles. The van der Waals surface area contributed by atoms with Crippen LogP contribution in [0.5, 0.6) is 5.75 Å². The van der Waals surface area contributed by atoms with Gasteiger partial charge >= 0.3 is 5.97 Å². The van der Waals surface area contributed by atoms with E-state index in [4.69, 9.17) is 14.6 Å². The molecule has 3 heterocycles. The molecule has 0 radical (unpaired) electrons. The largest absolute Gasteiger partial charge is 0.482 e. The predicted molar refractivity (Wildman–Crippen MR) is 112 cm³/mol. The Hall–Kier alpha value is -3.72. The lowest BCUT2D eigenvalue weighted by molar-refractivity contribution is -0.139. The third-order valence-corrected chi connectivity index (χ3v) is 5.75. The molecule has 2 amide bonds. The number of aromatic nitrogens is 2. The SMILES string of the molecule is O=C(O)COc1ccc2nc(CN3C(=O)c4ccccc4C3=O)n(C[C@@H]3CCCO3)c2c1. The van der Waals surface area contributed by atoms with Gasteiger partial charge in [0.15, 0.2) is 6.61 Å². The topological polar surface area (TPSA) is 111 Å². The van der Waals surface area contributed by atoms with E-state index >= 15 is 0 Å². The number of aliphatic carboxylic acids is 1. The van der Waals surface area contributed by atoms with Crippen LogP contribution in [0.4, 0.5) is 0 Å². The first-order valence-corrected chi connectivity index (χ1v) is 10.4. The van der Waals surface area contributed by atoms with Crippen molar-refractivity contribution in [2.45, 2.75) is 32.0 Å². The van der Waals surface area contributed by atoms with Gasteiger partial charge in [-0.15, -0.1) is 0 Å². The van der Waals surface area contributed by atoms with Crippen LogP contribution in [0.1, 0.15) is 39.4 Å². The molecule has 3 aromatic rings. The molecule has 5 rings (SSSR count). The molecule has 1 atom stereocenters.